The van der Waals surface area contributed by atoms with E-state index in [0.29, 0.717) is 0 Å². The molecule has 10 aromatic rings. The van der Waals surface area contributed by atoms with E-state index in [9.17, 15) is 0 Å². The molecule has 0 radical (unpaired) electrons. The second-order valence-corrected chi connectivity index (χ2v) is 13.9. The van der Waals surface area contributed by atoms with Crippen molar-refractivity contribution in [3.05, 3.63) is 145 Å². The van der Waals surface area contributed by atoms with Gasteiger partial charge in [0.15, 0.2) is 0 Å². The summed E-state index contributed by atoms with van der Waals surface area (Å²) in [5, 5.41) is 18.9. The van der Waals surface area contributed by atoms with Crippen molar-refractivity contribution >= 4 is 98.5 Å². The lowest BCUT2D eigenvalue weighted by Crippen LogP contribution is -2.11. The summed E-state index contributed by atoms with van der Waals surface area (Å²) in [5.74, 6) is 0. The molecular weight excluding hydrogens is 579 g/mol. The average molecular weight is 612 g/mol. The highest BCUT2D eigenvalue weighted by atomic mass is 15.1. The molecule has 0 heterocycles. The molecule has 0 spiro atoms. The molecule has 0 atom stereocenters. The fourth-order valence-electron chi connectivity index (χ4n) is 9.27. The van der Waals surface area contributed by atoms with E-state index in [4.69, 9.17) is 0 Å². The molecule has 0 bridgehead atoms. The maximum Gasteiger partial charge on any atom is 0.0619 e. The third-order valence-corrected chi connectivity index (χ3v) is 11.2. The standard InChI is InChI=1S/C47H33N/c1-3-11-29(12-4-1)27-30-23-25-34(26-24-30)48(33-15-5-2-6-16-33)47-39-21-9-19-37-35-17-7-13-31-28-32-14-8-18-36-38-20-10-22-40(47)44(38)46(43(37)39)45(41(31)35)42(32)36/h2,5-10,13-28H,1,3-4,11-12H2. The number of allylic oxidation sites excluding steroid dienone is 1. The number of hydrogen-bond donors (Lipinski definition) is 0. The van der Waals surface area contributed by atoms with Gasteiger partial charge in [0.1, 0.15) is 0 Å². The molecule has 1 nitrogen and oxygen atoms in total. The van der Waals surface area contributed by atoms with E-state index in [1.54, 1.807) is 5.57 Å². The topological polar surface area (TPSA) is 3.24 Å². The lowest BCUT2D eigenvalue weighted by molar-refractivity contribution is 0.602. The third kappa shape index (κ3) is 3.56. The van der Waals surface area contributed by atoms with Crippen LogP contribution in [0.15, 0.2) is 139 Å². The van der Waals surface area contributed by atoms with Crippen molar-refractivity contribution < 1.29 is 0 Å². The van der Waals surface area contributed by atoms with Crippen LogP contribution in [0.3, 0.4) is 0 Å². The number of benzene rings is 10. The largest absolute Gasteiger partial charge is 0.309 e. The SMILES string of the molecule is C(=C1CCCCC1)c1ccc(N(c2ccccc2)c2c3cccc4c5cccc6cc7cccc8c9cccc2c9c(c34)c(c65)c78)cc1. The fourth-order valence-corrected chi connectivity index (χ4v) is 9.27. The normalized spacial score (nSPS) is 14.2. The molecule has 0 N–H and O–H groups in total. The summed E-state index contributed by atoms with van der Waals surface area (Å²) in [6, 6.07) is 50.3. The molecule has 1 aliphatic rings. The molecule has 0 amide bonds. The first-order chi connectivity index (χ1) is 23.8. The summed E-state index contributed by atoms with van der Waals surface area (Å²) in [4.78, 5) is 2.51. The number of rotatable bonds is 4. The Bertz CT molecular complexity index is 2700. The molecule has 1 saturated carbocycles. The van der Waals surface area contributed by atoms with Crippen molar-refractivity contribution in [2.24, 2.45) is 0 Å². The minimum atomic E-state index is 1.17. The van der Waals surface area contributed by atoms with Crippen LogP contribution in [0.4, 0.5) is 17.1 Å². The maximum atomic E-state index is 2.51. The fraction of sp³-hybridized carbons (Fsp3) is 0.106. The molecule has 10 aromatic carbocycles. The monoisotopic (exact) mass is 611 g/mol. The van der Waals surface area contributed by atoms with E-state index in [-0.39, 0.29) is 0 Å². The van der Waals surface area contributed by atoms with Gasteiger partial charge in [0, 0.05) is 38.3 Å². The Morgan fingerprint density at radius 3 is 1.50 bits per heavy atom. The highest BCUT2D eigenvalue weighted by Crippen LogP contribution is 2.55. The summed E-state index contributed by atoms with van der Waals surface area (Å²) in [6.07, 6.45) is 8.91. The van der Waals surface area contributed by atoms with Crippen LogP contribution in [0.1, 0.15) is 37.7 Å². The van der Waals surface area contributed by atoms with Crippen LogP contribution < -0.4 is 4.90 Å². The van der Waals surface area contributed by atoms with Gasteiger partial charge >= 0.3 is 0 Å². The summed E-state index contributed by atoms with van der Waals surface area (Å²) < 4.78 is 0. The summed E-state index contributed by atoms with van der Waals surface area (Å²) in [7, 11) is 0. The Morgan fingerprint density at radius 2 is 0.896 bits per heavy atom. The van der Waals surface area contributed by atoms with Crippen molar-refractivity contribution in [3.8, 4) is 0 Å². The van der Waals surface area contributed by atoms with E-state index >= 15 is 0 Å². The predicted molar refractivity (Wildman–Crippen MR) is 208 cm³/mol. The first-order valence-electron chi connectivity index (χ1n) is 17.5. The number of nitrogens with zero attached hydrogens (tertiary/aromatic N) is 1. The van der Waals surface area contributed by atoms with Crippen LogP contribution in [0, 0.1) is 0 Å². The molecule has 0 aliphatic heterocycles. The minimum absolute atomic E-state index is 1.17. The maximum absolute atomic E-state index is 2.51. The van der Waals surface area contributed by atoms with Crippen LogP contribution in [-0.2, 0) is 0 Å². The van der Waals surface area contributed by atoms with Crippen LogP contribution in [-0.4, -0.2) is 0 Å². The van der Waals surface area contributed by atoms with Crippen molar-refractivity contribution in [2.45, 2.75) is 32.1 Å². The molecule has 1 fully saturated rings. The van der Waals surface area contributed by atoms with E-state index in [2.05, 4.69) is 144 Å². The van der Waals surface area contributed by atoms with E-state index < -0.39 is 0 Å². The Balaban J connectivity index is 1.30. The summed E-state index contributed by atoms with van der Waals surface area (Å²) >= 11 is 0. The molecule has 0 saturated heterocycles. The molecule has 1 heteroatoms. The van der Waals surface area contributed by atoms with Gasteiger partial charge in [-0.25, -0.2) is 0 Å². The van der Waals surface area contributed by atoms with Crippen LogP contribution >= 0.6 is 0 Å². The van der Waals surface area contributed by atoms with Gasteiger partial charge in [-0.2, -0.15) is 0 Å². The molecule has 48 heavy (non-hydrogen) atoms. The van der Waals surface area contributed by atoms with E-state index in [0.717, 1.165) is 0 Å². The zero-order chi connectivity index (χ0) is 31.3. The van der Waals surface area contributed by atoms with Gasteiger partial charge in [-0.1, -0.05) is 121 Å². The number of hydrogen-bond acceptors (Lipinski definition) is 1. The van der Waals surface area contributed by atoms with Gasteiger partial charge in [0.25, 0.3) is 0 Å². The van der Waals surface area contributed by atoms with Crippen molar-refractivity contribution in [2.75, 3.05) is 4.90 Å². The Labute approximate surface area is 279 Å². The van der Waals surface area contributed by atoms with Gasteiger partial charge in [0.05, 0.1) is 5.69 Å². The second kappa shape index (κ2) is 9.92. The Morgan fingerprint density at radius 1 is 0.396 bits per heavy atom. The zero-order valence-corrected chi connectivity index (χ0v) is 26.8. The number of anilines is 3. The third-order valence-electron chi connectivity index (χ3n) is 11.2. The molecular formula is C47H33N. The van der Waals surface area contributed by atoms with Crippen molar-refractivity contribution in [1.29, 1.82) is 0 Å². The highest BCUT2D eigenvalue weighted by Gasteiger charge is 2.27. The smallest absolute Gasteiger partial charge is 0.0619 e. The minimum Gasteiger partial charge on any atom is -0.309 e. The number of para-hydroxylation sites is 1. The van der Waals surface area contributed by atoms with Crippen molar-refractivity contribution in [1.82, 2.24) is 0 Å². The summed E-state index contributed by atoms with van der Waals surface area (Å²) in [6.45, 7) is 0. The molecule has 11 rings (SSSR count). The van der Waals surface area contributed by atoms with E-state index in [1.165, 1.54) is 130 Å². The predicted octanol–water partition coefficient (Wildman–Crippen LogP) is 13.9. The van der Waals surface area contributed by atoms with Crippen LogP contribution in [0.5, 0.6) is 0 Å². The van der Waals surface area contributed by atoms with E-state index in [1.807, 2.05) is 0 Å². The van der Waals surface area contributed by atoms with Gasteiger partial charge in [-0.15, -0.1) is 0 Å². The highest BCUT2D eigenvalue weighted by molar-refractivity contribution is 6.50. The molecule has 1 aliphatic carbocycles. The van der Waals surface area contributed by atoms with Crippen molar-refractivity contribution in [3.63, 3.8) is 0 Å². The number of fused-ring (bicyclic) bond motifs is 2. The Kier molecular flexibility index (Phi) is 5.46. The lowest BCUT2D eigenvalue weighted by atomic mass is 9.80. The molecule has 226 valence electrons. The van der Waals surface area contributed by atoms with Gasteiger partial charge in [-0.3, -0.25) is 0 Å². The first-order valence-corrected chi connectivity index (χ1v) is 17.5. The zero-order valence-electron chi connectivity index (χ0n) is 26.8. The second-order valence-electron chi connectivity index (χ2n) is 13.9. The van der Waals surface area contributed by atoms with Crippen LogP contribution in [0.25, 0.3) is 81.5 Å². The summed E-state index contributed by atoms with van der Waals surface area (Å²) in [5.41, 5.74) is 6.49. The van der Waals surface area contributed by atoms with Gasteiger partial charge in [-0.05, 0) is 110 Å². The molecule has 0 unspecified atom stereocenters. The Hall–Kier alpha value is -5.66. The molecule has 0 aromatic heterocycles. The average Bonchev–Trinajstić information content (AvgIpc) is 3.15. The first kappa shape index (κ1) is 26.4. The van der Waals surface area contributed by atoms with Gasteiger partial charge in [0.2, 0.25) is 0 Å². The lowest BCUT2D eigenvalue weighted by Gasteiger charge is -2.31. The van der Waals surface area contributed by atoms with Gasteiger partial charge < -0.3 is 4.90 Å². The van der Waals surface area contributed by atoms with Crippen LogP contribution in [0.2, 0.25) is 0 Å². The quantitative estimate of drug-likeness (QED) is 0.141.